The summed E-state index contributed by atoms with van der Waals surface area (Å²) >= 11 is 2.76. The predicted octanol–water partition coefficient (Wildman–Crippen LogP) is -1.88. The van der Waals surface area contributed by atoms with Crippen molar-refractivity contribution in [3.8, 4) is 0 Å². The minimum Gasteiger partial charge on any atom is -0.478 e. The van der Waals surface area contributed by atoms with Gasteiger partial charge < -0.3 is 16.2 Å². The Labute approximate surface area is 145 Å². The van der Waals surface area contributed by atoms with Crippen LogP contribution in [0, 0.1) is 5.92 Å². The number of nitrogens with two attached hydrogens (primary N) is 1. The quantitative estimate of drug-likeness (QED) is 0.417. The van der Waals surface area contributed by atoms with Gasteiger partial charge in [-0.05, 0) is 5.57 Å². The zero-order valence-corrected chi connectivity index (χ0v) is 14.3. The normalized spacial score (nSPS) is 33.5. The fourth-order valence-corrected chi connectivity index (χ4v) is 5.57. The van der Waals surface area contributed by atoms with Crippen molar-refractivity contribution in [3.05, 3.63) is 11.1 Å². The summed E-state index contributed by atoms with van der Waals surface area (Å²) in [6.45, 7) is 0. The van der Waals surface area contributed by atoms with Crippen LogP contribution in [-0.2, 0) is 19.2 Å². The number of carboxylic acids is 1. The summed E-state index contributed by atoms with van der Waals surface area (Å²) < 4.78 is 0. The van der Waals surface area contributed by atoms with Gasteiger partial charge >= 0.3 is 17.8 Å². The summed E-state index contributed by atoms with van der Waals surface area (Å²) in [4.78, 5) is 46.2. The number of nitrogens with one attached hydrogen (secondary N) is 2. The largest absolute Gasteiger partial charge is 0.478 e. The fourth-order valence-electron chi connectivity index (χ4n) is 2.90. The molecule has 3 aliphatic rings. The average Bonchev–Trinajstić information content (AvgIpc) is 2.55. The molecule has 9 nitrogen and oxygen atoms in total. The van der Waals surface area contributed by atoms with Crippen LogP contribution in [0.25, 0.3) is 0 Å². The number of hydrogen-bond acceptors (Lipinski definition) is 8. The van der Waals surface area contributed by atoms with Gasteiger partial charge in [0.2, 0.25) is 0 Å². The molecule has 3 rings (SSSR count). The maximum atomic E-state index is 11.9. The Morgan fingerprint density at radius 2 is 2.12 bits per heavy atom. The zero-order valence-electron chi connectivity index (χ0n) is 12.6. The molecule has 5 N–H and O–H groups in total. The SMILES string of the molecule is CN1NC(=O)C(=O)N[C@@H]1SCC1=C(C(=O)O)[C@@H]2C(=O)[C@H](N)[C@H]2SC1. The lowest BCUT2D eigenvalue weighted by Gasteiger charge is -2.44. The highest BCUT2D eigenvalue weighted by molar-refractivity contribution is 8.01. The van der Waals surface area contributed by atoms with Gasteiger partial charge in [0, 0.05) is 29.4 Å². The Morgan fingerprint density at radius 1 is 1.42 bits per heavy atom. The van der Waals surface area contributed by atoms with Crippen LogP contribution < -0.4 is 16.5 Å². The average molecular weight is 372 g/mol. The van der Waals surface area contributed by atoms with Crippen LogP contribution in [0.5, 0.6) is 0 Å². The van der Waals surface area contributed by atoms with E-state index in [9.17, 15) is 24.3 Å². The first-order chi connectivity index (χ1) is 11.3. The molecule has 0 spiro atoms. The van der Waals surface area contributed by atoms with E-state index in [0.717, 1.165) is 0 Å². The lowest BCUT2D eigenvalue weighted by Crippen LogP contribution is -2.63. The van der Waals surface area contributed by atoms with Gasteiger partial charge in [-0.25, -0.2) is 4.79 Å². The molecule has 0 aromatic rings. The van der Waals surface area contributed by atoms with Crippen LogP contribution in [0.3, 0.4) is 0 Å². The number of nitrogens with zero attached hydrogens (tertiary/aromatic N) is 1. The number of hydrogen-bond donors (Lipinski definition) is 4. The molecule has 2 aliphatic heterocycles. The number of carbonyl (C=O) groups excluding carboxylic acids is 3. The van der Waals surface area contributed by atoms with Crippen molar-refractivity contribution >= 4 is 47.1 Å². The molecular formula is C13H16N4O5S2. The van der Waals surface area contributed by atoms with E-state index in [1.54, 1.807) is 7.05 Å². The molecule has 0 radical (unpaired) electrons. The summed E-state index contributed by atoms with van der Waals surface area (Å²) in [7, 11) is 1.60. The van der Waals surface area contributed by atoms with Crippen LogP contribution in [0.4, 0.5) is 0 Å². The molecule has 1 saturated carbocycles. The Balaban J connectivity index is 1.73. The van der Waals surface area contributed by atoms with Gasteiger partial charge in [-0.1, -0.05) is 0 Å². The zero-order chi connectivity index (χ0) is 17.6. The summed E-state index contributed by atoms with van der Waals surface area (Å²) in [5, 5.41) is 13.3. The fraction of sp³-hybridized carbons (Fsp3) is 0.538. The van der Waals surface area contributed by atoms with E-state index in [0.29, 0.717) is 17.1 Å². The molecule has 24 heavy (non-hydrogen) atoms. The monoisotopic (exact) mass is 372 g/mol. The Hall–Kier alpha value is -1.56. The molecule has 130 valence electrons. The van der Waals surface area contributed by atoms with Crippen molar-refractivity contribution in [1.82, 2.24) is 15.8 Å². The first kappa shape index (κ1) is 17.3. The molecular weight excluding hydrogens is 356 g/mol. The van der Waals surface area contributed by atoms with Crippen molar-refractivity contribution < 1.29 is 24.3 Å². The number of hydrazine groups is 1. The Morgan fingerprint density at radius 3 is 2.79 bits per heavy atom. The van der Waals surface area contributed by atoms with E-state index in [1.807, 2.05) is 0 Å². The van der Waals surface area contributed by atoms with Crippen molar-refractivity contribution in [3.63, 3.8) is 0 Å². The summed E-state index contributed by atoms with van der Waals surface area (Å²) in [5.41, 5.74) is 8.40. The first-order valence-corrected chi connectivity index (χ1v) is 9.23. The number of thioether (sulfide) groups is 2. The van der Waals surface area contributed by atoms with Gasteiger partial charge in [0.05, 0.1) is 12.0 Å². The molecule has 4 atom stereocenters. The number of carboxylic acid groups (broad SMARTS) is 1. The van der Waals surface area contributed by atoms with Gasteiger partial charge in [-0.15, -0.1) is 11.8 Å². The molecule has 11 heteroatoms. The molecule has 1 aliphatic carbocycles. The van der Waals surface area contributed by atoms with Gasteiger partial charge in [0.25, 0.3) is 0 Å². The van der Waals surface area contributed by atoms with Crippen LogP contribution in [0.2, 0.25) is 0 Å². The Bertz CT molecular complexity index is 667. The standard InChI is InChI=1S/C13H16N4O5S2/c1-17-13(15-10(19)11(20)16-17)24-3-4-2-23-9-6(5(4)12(21)22)8(18)7(9)14/h6-7,9,13H,2-3,14H2,1H3,(H,15,19)(H,16,20)(H,21,22)/t6-,7+,9+,13+/m1/s1. The second kappa shape index (κ2) is 6.39. The third-order valence-corrected chi connectivity index (χ3v) is 6.93. The maximum Gasteiger partial charge on any atom is 0.332 e. The summed E-state index contributed by atoms with van der Waals surface area (Å²) in [6, 6.07) is -0.595. The number of amides is 2. The minimum absolute atomic E-state index is 0.131. The lowest BCUT2D eigenvalue weighted by molar-refractivity contribution is -0.146. The molecule has 1 saturated heterocycles. The second-order valence-electron chi connectivity index (χ2n) is 5.69. The number of rotatable bonds is 4. The maximum absolute atomic E-state index is 11.9. The highest BCUT2D eigenvalue weighted by atomic mass is 32.2. The third-order valence-electron chi connectivity index (χ3n) is 4.20. The van der Waals surface area contributed by atoms with E-state index in [4.69, 9.17) is 5.73 Å². The topological polar surface area (TPSA) is 142 Å². The van der Waals surface area contributed by atoms with Crippen molar-refractivity contribution in [1.29, 1.82) is 0 Å². The van der Waals surface area contributed by atoms with E-state index in [1.165, 1.54) is 28.5 Å². The highest BCUT2D eigenvalue weighted by Gasteiger charge is 2.54. The van der Waals surface area contributed by atoms with Crippen LogP contribution in [-0.4, -0.2) is 69.0 Å². The van der Waals surface area contributed by atoms with Gasteiger partial charge in [0.1, 0.15) is 5.50 Å². The molecule has 2 fully saturated rings. The summed E-state index contributed by atoms with van der Waals surface area (Å²) in [5.74, 6) is -2.66. The number of Topliss-reactive ketones (excluding diaryl/α,β-unsaturated/α-hetero) is 1. The predicted molar refractivity (Wildman–Crippen MR) is 87.7 cm³/mol. The third kappa shape index (κ3) is 2.81. The first-order valence-electron chi connectivity index (χ1n) is 7.13. The Kier molecular flexibility index (Phi) is 4.60. The highest BCUT2D eigenvalue weighted by Crippen LogP contribution is 2.45. The molecule has 0 aromatic heterocycles. The van der Waals surface area contributed by atoms with Crippen LogP contribution in [0.15, 0.2) is 11.1 Å². The number of fused-ring (bicyclic) bond motifs is 1. The van der Waals surface area contributed by atoms with Crippen molar-refractivity contribution in [2.45, 2.75) is 16.8 Å². The van der Waals surface area contributed by atoms with Gasteiger partial charge in [-0.2, -0.15) is 16.8 Å². The molecule has 2 heterocycles. The summed E-state index contributed by atoms with van der Waals surface area (Å²) in [6.07, 6.45) is 0. The van der Waals surface area contributed by atoms with E-state index >= 15 is 0 Å². The van der Waals surface area contributed by atoms with Crippen molar-refractivity contribution in [2.75, 3.05) is 18.6 Å². The molecule has 0 unspecified atom stereocenters. The van der Waals surface area contributed by atoms with E-state index in [2.05, 4.69) is 10.7 Å². The van der Waals surface area contributed by atoms with Crippen LogP contribution >= 0.6 is 23.5 Å². The second-order valence-corrected chi connectivity index (χ2v) is 7.93. The van der Waals surface area contributed by atoms with Gasteiger partial charge in [0.15, 0.2) is 5.78 Å². The van der Waals surface area contributed by atoms with Crippen LogP contribution in [0.1, 0.15) is 0 Å². The molecule has 0 aromatic carbocycles. The number of ketones is 1. The smallest absolute Gasteiger partial charge is 0.332 e. The van der Waals surface area contributed by atoms with Crippen molar-refractivity contribution in [2.24, 2.45) is 11.7 Å². The van der Waals surface area contributed by atoms with E-state index in [-0.39, 0.29) is 16.6 Å². The van der Waals surface area contributed by atoms with Gasteiger partial charge in [-0.3, -0.25) is 19.8 Å². The van der Waals surface area contributed by atoms with E-state index < -0.39 is 35.2 Å². The molecule has 0 bridgehead atoms. The number of carbonyl (C=O) groups is 4. The minimum atomic E-state index is -1.10. The molecule has 2 amide bonds. The number of aliphatic carboxylic acids is 1. The lowest BCUT2D eigenvalue weighted by atomic mass is 9.72.